The predicted octanol–water partition coefficient (Wildman–Crippen LogP) is -0.276. The van der Waals surface area contributed by atoms with Crippen LogP contribution in [0.4, 0.5) is 0 Å². The van der Waals surface area contributed by atoms with Crippen LogP contribution in [0.1, 0.15) is 0 Å². The highest BCUT2D eigenvalue weighted by Crippen LogP contribution is 2.06. The molecule has 0 aliphatic rings. The quantitative estimate of drug-likeness (QED) is 0.571. The molecular formula is C6H4N6. The summed E-state index contributed by atoms with van der Waals surface area (Å²) >= 11 is 0. The van der Waals surface area contributed by atoms with E-state index in [1.807, 2.05) is 0 Å². The minimum atomic E-state index is 0.500. The zero-order valence-electron chi connectivity index (χ0n) is 5.99. The molecule has 2 heterocycles. The molecule has 2 aromatic rings. The summed E-state index contributed by atoms with van der Waals surface area (Å²) in [5.74, 6) is 0.500. The Labute approximate surface area is 67.7 Å². The van der Waals surface area contributed by atoms with Gasteiger partial charge in [-0.15, -0.1) is 15.3 Å². The van der Waals surface area contributed by atoms with Crippen LogP contribution >= 0.6 is 0 Å². The molecule has 0 aliphatic carbocycles. The van der Waals surface area contributed by atoms with E-state index in [1.165, 1.54) is 18.6 Å². The first-order chi connectivity index (χ1) is 5.97. The van der Waals surface area contributed by atoms with Crippen LogP contribution in [0.15, 0.2) is 24.8 Å². The van der Waals surface area contributed by atoms with Gasteiger partial charge in [-0.3, -0.25) is 0 Å². The average Bonchev–Trinajstić information content (AvgIpc) is 2.21. The molecule has 0 aliphatic heterocycles. The number of hydrogen-bond donors (Lipinski definition) is 0. The first kappa shape index (κ1) is 6.71. The van der Waals surface area contributed by atoms with Gasteiger partial charge < -0.3 is 0 Å². The first-order valence-electron chi connectivity index (χ1n) is 3.24. The molecule has 0 aromatic carbocycles. The van der Waals surface area contributed by atoms with Crippen LogP contribution in [0.5, 0.6) is 0 Å². The summed E-state index contributed by atoms with van der Waals surface area (Å²) in [7, 11) is 0. The van der Waals surface area contributed by atoms with Gasteiger partial charge in [-0.25, -0.2) is 4.98 Å². The molecule has 0 atom stereocenters. The van der Waals surface area contributed by atoms with Crippen molar-refractivity contribution < 1.29 is 0 Å². The second-order valence-electron chi connectivity index (χ2n) is 2.00. The summed E-state index contributed by atoms with van der Waals surface area (Å²) in [5.41, 5.74) is 0.707. The molecule has 6 nitrogen and oxygen atoms in total. The van der Waals surface area contributed by atoms with Crippen molar-refractivity contribution in [3.05, 3.63) is 24.8 Å². The maximum atomic E-state index is 3.97. The third-order valence-electron chi connectivity index (χ3n) is 1.24. The van der Waals surface area contributed by atoms with Gasteiger partial charge in [0.1, 0.15) is 0 Å². The van der Waals surface area contributed by atoms with E-state index in [1.54, 1.807) is 6.20 Å². The van der Waals surface area contributed by atoms with Gasteiger partial charge in [0.2, 0.25) is 0 Å². The molecule has 0 saturated heterocycles. The summed E-state index contributed by atoms with van der Waals surface area (Å²) in [6.07, 6.45) is 6.13. The highest BCUT2D eigenvalue weighted by molar-refractivity contribution is 5.49. The smallest absolute Gasteiger partial charge is 0.184 e. The van der Waals surface area contributed by atoms with Crippen LogP contribution in [0.25, 0.3) is 11.4 Å². The number of nitrogens with zero attached hydrogens (tertiary/aromatic N) is 6. The zero-order valence-corrected chi connectivity index (χ0v) is 5.99. The molecule has 0 bridgehead atoms. The summed E-state index contributed by atoms with van der Waals surface area (Å²) in [6.45, 7) is 0. The van der Waals surface area contributed by atoms with Gasteiger partial charge in [0.25, 0.3) is 0 Å². The fourth-order valence-corrected chi connectivity index (χ4v) is 0.735. The largest absolute Gasteiger partial charge is 0.233 e. The zero-order chi connectivity index (χ0) is 8.23. The van der Waals surface area contributed by atoms with E-state index < -0.39 is 0 Å². The van der Waals surface area contributed by atoms with Crippen molar-refractivity contribution >= 4 is 0 Å². The Morgan fingerprint density at radius 2 is 1.75 bits per heavy atom. The van der Waals surface area contributed by atoms with Crippen LogP contribution < -0.4 is 0 Å². The van der Waals surface area contributed by atoms with Crippen molar-refractivity contribution in [3.8, 4) is 11.4 Å². The Morgan fingerprint density at radius 1 is 0.917 bits per heavy atom. The summed E-state index contributed by atoms with van der Waals surface area (Å²) in [4.78, 5) is 3.97. The number of hydrogen-bond acceptors (Lipinski definition) is 6. The van der Waals surface area contributed by atoms with Crippen LogP contribution in [0.2, 0.25) is 0 Å². The predicted molar refractivity (Wildman–Crippen MR) is 38.6 cm³/mol. The lowest BCUT2D eigenvalue weighted by Crippen LogP contribution is -1.93. The van der Waals surface area contributed by atoms with E-state index in [2.05, 4.69) is 30.6 Å². The van der Waals surface area contributed by atoms with Crippen molar-refractivity contribution in [2.24, 2.45) is 0 Å². The van der Waals surface area contributed by atoms with Gasteiger partial charge in [0.15, 0.2) is 5.82 Å². The Balaban J connectivity index is 2.46. The molecule has 0 saturated carbocycles. The Hall–Kier alpha value is -1.98. The Kier molecular flexibility index (Phi) is 1.65. The molecule has 2 rings (SSSR count). The van der Waals surface area contributed by atoms with Crippen molar-refractivity contribution in [2.75, 3.05) is 0 Å². The average molecular weight is 160 g/mol. The van der Waals surface area contributed by atoms with E-state index in [-0.39, 0.29) is 0 Å². The van der Waals surface area contributed by atoms with E-state index in [9.17, 15) is 0 Å². The second kappa shape index (κ2) is 2.95. The molecular weight excluding hydrogens is 156 g/mol. The van der Waals surface area contributed by atoms with Crippen LogP contribution in [-0.2, 0) is 0 Å². The monoisotopic (exact) mass is 160 g/mol. The van der Waals surface area contributed by atoms with E-state index in [0.717, 1.165) is 0 Å². The van der Waals surface area contributed by atoms with Gasteiger partial charge >= 0.3 is 0 Å². The normalized spacial score (nSPS) is 9.67. The van der Waals surface area contributed by atoms with Gasteiger partial charge in [0.05, 0.1) is 24.2 Å². The van der Waals surface area contributed by atoms with Crippen LogP contribution in [-0.4, -0.2) is 30.6 Å². The third kappa shape index (κ3) is 1.22. The standard InChI is InChI=1S/C6H4N6/c1-2-8-11-6(7-1)5-3-9-12-10-4-5/h1-4H. The number of aromatic nitrogens is 6. The first-order valence-corrected chi connectivity index (χ1v) is 3.24. The third-order valence-corrected chi connectivity index (χ3v) is 1.24. The number of rotatable bonds is 1. The molecule has 0 amide bonds. The lowest BCUT2D eigenvalue weighted by Gasteiger charge is -1.92. The van der Waals surface area contributed by atoms with Crippen LogP contribution in [0.3, 0.4) is 0 Å². The molecule has 0 fully saturated rings. The van der Waals surface area contributed by atoms with Gasteiger partial charge in [-0.05, 0) is 5.21 Å². The fraction of sp³-hybridized carbons (Fsp3) is 0. The summed E-state index contributed by atoms with van der Waals surface area (Å²) in [5, 5.41) is 18.0. The van der Waals surface area contributed by atoms with E-state index in [0.29, 0.717) is 11.4 Å². The lowest BCUT2D eigenvalue weighted by molar-refractivity contribution is 0.860. The SMILES string of the molecule is c1cnc(-c2cnnnc2)nn1. The maximum Gasteiger partial charge on any atom is 0.184 e. The molecule has 0 radical (unpaired) electrons. The maximum absolute atomic E-state index is 3.97. The highest BCUT2D eigenvalue weighted by Gasteiger charge is 1.99. The molecule has 6 heteroatoms. The Bertz CT molecular complexity index is 309. The molecule has 0 N–H and O–H groups in total. The topological polar surface area (TPSA) is 77.3 Å². The Morgan fingerprint density at radius 3 is 2.42 bits per heavy atom. The van der Waals surface area contributed by atoms with Crippen molar-refractivity contribution in [1.82, 2.24) is 30.6 Å². The molecule has 0 unspecified atom stereocenters. The lowest BCUT2D eigenvalue weighted by atomic mass is 10.3. The molecule has 12 heavy (non-hydrogen) atoms. The fourth-order valence-electron chi connectivity index (χ4n) is 0.735. The van der Waals surface area contributed by atoms with Crippen LogP contribution in [0, 0.1) is 0 Å². The summed E-state index contributed by atoms with van der Waals surface area (Å²) in [6, 6.07) is 0. The van der Waals surface area contributed by atoms with Gasteiger partial charge in [-0.1, -0.05) is 0 Å². The van der Waals surface area contributed by atoms with Crippen molar-refractivity contribution in [3.63, 3.8) is 0 Å². The minimum Gasteiger partial charge on any atom is -0.233 e. The van der Waals surface area contributed by atoms with Gasteiger partial charge in [0, 0.05) is 6.20 Å². The van der Waals surface area contributed by atoms with E-state index >= 15 is 0 Å². The van der Waals surface area contributed by atoms with Gasteiger partial charge in [-0.2, -0.15) is 5.10 Å². The highest BCUT2D eigenvalue weighted by atomic mass is 15.3. The molecule has 2 aromatic heterocycles. The minimum absolute atomic E-state index is 0.500. The second-order valence-corrected chi connectivity index (χ2v) is 2.00. The van der Waals surface area contributed by atoms with Crippen molar-refractivity contribution in [2.45, 2.75) is 0 Å². The van der Waals surface area contributed by atoms with Crippen molar-refractivity contribution in [1.29, 1.82) is 0 Å². The summed E-state index contributed by atoms with van der Waals surface area (Å²) < 4.78 is 0. The molecule has 0 spiro atoms. The van der Waals surface area contributed by atoms with E-state index in [4.69, 9.17) is 0 Å². The molecule has 58 valence electrons.